The van der Waals surface area contributed by atoms with Gasteiger partial charge >= 0.3 is 0 Å². The van der Waals surface area contributed by atoms with E-state index in [0.717, 1.165) is 15.4 Å². The summed E-state index contributed by atoms with van der Waals surface area (Å²) in [6.45, 7) is 5.92. The number of benzene rings is 2. The average molecular weight is 375 g/mol. The Balaban J connectivity index is 2.11. The van der Waals surface area contributed by atoms with Crippen LogP contribution in [0.5, 0.6) is 0 Å². The third-order valence-electron chi connectivity index (χ3n) is 4.38. The molecule has 0 radical (unpaired) electrons. The van der Waals surface area contributed by atoms with Crippen LogP contribution in [-0.4, -0.2) is 32.7 Å². The number of anilines is 1. The Morgan fingerprint density at radius 3 is 2.31 bits per heavy atom. The molecule has 2 aromatic rings. The quantitative estimate of drug-likeness (QED) is 0.842. The highest BCUT2D eigenvalue weighted by atomic mass is 32.2. The number of aryl methyl sites for hydroxylation is 4. The lowest BCUT2D eigenvalue weighted by Gasteiger charge is -2.14. The van der Waals surface area contributed by atoms with Crippen LogP contribution in [0.4, 0.5) is 5.69 Å². The summed E-state index contributed by atoms with van der Waals surface area (Å²) in [7, 11) is -0.568. The van der Waals surface area contributed by atoms with Gasteiger partial charge in [-0.05, 0) is 56.0 Å². The Hall–Kier alpha value is -2.18. The molecule has 6 heteroatoms. The Bertz CT molecular complexity index is 919. The molecule has 26 heavy (non-hydrogen) atoms. The van der Waals surface area contributed by atoms with Crippen LogP contribution in [0.2, 0.25) is 0 Å². The van der Waals surface area contributed by atoms with Crippen molar-refractivity contribution in [3.8, 4) is 0 Å². The number of rotatable bonds is 6. The molecule has 1 N–H and O–H groups in total. The second kappa shape index (κ2) is 8.01. The van der Waals surface area contributed by atoms with Crippen LogP contribution in [-0.2, 0) is 21.2 Å². The summed E-state index contributed by atoms with van der Waals surface area (Å²) < 4.78 is 25.7. The first-order valence-electron chi connectivity index (χ1n) is 8.50. The SMILES string of the molecule is Cc1ccc(CCC(=O)Nc2cc(S(=O)(=O)N(C)C)ccc2C)c(C)c1. The number of sulfonamides is 1. The van der Waals surface area contributed by atoms with E-state index in [1.54, 1.807) is 12.1 Å². The topological polar surface area (TPSA) is 66.5 Å². The van der Waals surface area contributed by atoms with E-state index in [1.807, 2.05) is 32.9 Å². The molecular formula is C20H26N2O3S. The highest BCUT2D eigenvalue weighted by Crippen LogP contribution is 2.22. The van der Waals surface area contributed by atoms with E-state index in [0.29, 0.717) is 18.5 Å². The molecule has 0 aliphatic carbocycles. The molecule has 1 amide bonds. The second-order valence-corrected chi connectivity index (χ2v) is 8.89. The van der Waals surface area contributed by atoms with Crippen molar-refractivity contribution in [1.82, 2.24) is 4.31 Å². The number of hydrogen-bond donors (Lipinski definition) is 1. The predicted octanol–water partition coefficient (Wildman–Crippen LogP) is 3.43. The molecule has 140 valence electrons. The molecule has 0 aliphatic heterocycles. The molecule has 2 aromatic carbocycles. The van der Waals surface area contributed by atoms with E-state index in [9.17, 15) is 13.2 Å². The summed E-state index contributed by atoms with van der Waals surface area (Å²) in [5, 5.41) is 2.84. The van der Waals surface area contributed by atoms with E-state index < -0.39 is 10.0 Å². The third-order valence-corrected chi connectivity index (χ3v) is 6.19. The van der Waals surface area contributed by atoms with Crippen molar-refractivity contribution in [1.29, 1.82) is 0 Å². The van der Waals surface area contributed by atoms with Crippen LogP contribution in [0.1, 0.15) is 28.7 Å². The van der Waals surface area contributed by atoms with E-state index in [2.05, 4.69) is 11.4 Å². The van der Waals surface area contributed by atoms with Crippen molar-refractivity contribution < 1.29 is 13.2 Å². The van der Waals surface area contributed by atoms with Crippen LogP contribution < -0.4 is 5.32 Å². The zero-order valence-electron chi connectivity index (χ0n) is 16.0. The van der Waals surface area contributed by atoms with Crippen LogP contribution in [0.3, 0.4) is 0 Å². The first kappa shape index (κ1) is 20.1. The lowest BCUT2D eigenvalue weighted by atomic mass is 10.0. The Kier molecular flexibility index (Phi) is 6.21. The van der Waals surface area contributed by atoms with E-state index >= 15 is 0 Å². The summed E-state index contributed by atoms with van der Waals surface area (Å²) in [4.78, 5) is 12.5. The zero-order valence-corrected chi connectivity index (χ0v) is 16.8. The number of nitrogens with one attached hydrogen (secondary N) is 1. The molecule has 2 rings (SSSR count). The highest BCUT2D eigenvalue weighted by molar-refractivity contribution is 7.89. The minimum atomic E-state index is -3.53. The van der Waals surface area contributed by atoms with Gasteiger partial charge in [0.1, 0.15) is 0 Å². The normalized spacial score (nSPS) is 11.6. The van der Waals surface area contributed by atoms with Gasteiger partial charge in [0.15, 0.2) is 0 Å². The van der Waals surface area contributed by atoms with Crippen LogP contribution in [0.25, 0.3) is 0 Å². The largest absolute Gasteiger partial charge is 0.326 e. The maximum atomic E-state index is 12.3. The molecular weight excluding hydrogens is 348 g/mol. The van der Waals surface area contributed by atoms with Gasteiger partial charge in [-0.2, -0.15) is 0 Å². The maximum Gasteiger partial charge on any atom is 0.242 e. The standard InChI is InChI=1S/C20H26N2O3S/c1-14-6-8-17(16(3)12-14)9-11-20(23)21-19-13-18(10-7-15(19)2)26(24,25)22(4)5/h6-8,10,12-13H,9,11H2,1-5H3,(H,21,23). The molecule has 5 nitrogen and oxygen atoms in total. The maximum absolute atomic E-state index is 12.3. The van der Waals surface area contributed by atoms with Crippen molar-refractivity contribution in [2.45, 2.75) is 38.5 Å². The van der Waals surface area contributed by atoms with Gasteiger partial charge in [0.25, 0.3) is 0 Å². The first-order valence-corrected chi connectivity index (χ1v) is 9.94. The van der Waals surface area contributed by atoms with Gasteiger partial charge in [0.05, 0.1) is 4.90 Å². The minimum Gasteiger partial charge on any atom is -0.326 e. The van der Waals surface area contributed by atoms with Gasteiger partial charge < -0.3 is 5.32 Å². The lowest BCUT2D eigenvalue weighted by molar-refractivity contribution is -0.116. The van der Waals surface area contributed by atoms with Crippen molar-refractivity contribution in [2.24, 2.45) is 0 Å². The summed E-state index contributed by atoms with van der Waals surface area (Å²) in [5.74, 6) is -0.132. The van der Waals surface area contributed by atoms with Gasteiger partial charge in [-0.3, -0.25) is 4.79 Å². The van der Waals surface area contributed by atoms with Gasteiger partial charge in [0, 0.05) is 26.2 Å². The number of carbonyl (C=O) groups is 1. The first-order chi connectivity index (χ1) is 12.1. The molecule has 0 saturated heterocycles. The van der Waals surface area contributed by atoms with Crippen molar-refractivity contribution >= 4 is 21.6 Å². The van der Waals surface area contributed by atoms with E-state index in [1.165, 1.54) is 31.3 Å². The van der Waals surface area contributed by atoms with Crippen LogP contribution >= 0.6 is 0 Å². The van der Waals surface area contributed by atoms with Gasteiger partial charge in [-0.1, -0.05) is 29.8 Å². The predicted molar refractivity (Wildman–Crippen MR) is 105 cm³/mol. The summed E-state index contributed by atoms with van der Waals surface area (Å²) in [6.07, 6.45) is 0.987. The minimum absolute atomic E-state index is 0.132. The number of amides is 1. The van der Waals surface area contributed by atoms with Gasteiger partial charge in [-0.15, -0.1) is 0 Å². The fourth-order valence-corrected chi connectivity index (χ4v) is 3.62. The smallest absolute Gasteiger partial charge is 0.242 e. The number of hydrogen-bond acceptors (Lipinski definition) is 3. The lowest BCUT2D eigenvalue weighted by Crippen LogP contribution is -2.22. The molecule has 0 fully saturated rings. The Morgan fingerprint density at radius 1 is 1.00 bits per heavy atom. The molecule has 0 aromatic heterocycles. The van der Waals surface area contributed by atoms with Crippen molar-refractivity contribution in [3.05, 3.63) is 58.7 Å². The summed E-state index contributed by atoms with van der Waals surface area (Å²) in [5.41, 5.74) is 4.87. The van der Waals surface area contributed by atoms with Crippen molar-refractivity contribution in [3.63, 3.8) is 0 Å². The fraction of sp³-hybridized carbons (Fsp3) is 0.350. The Labute approximate surface area is 156 Å². The third kappa shape index (κ3) is 4.71. The molecule has 0 aliphatic rings. The molecule has 0 atom stereocenters. The number of nitrogens with zero attached hydrogens (tertiary/aromatic N) is 1. The summed E-state index contributed by atoms with van der Waals surface area (Å²) >= 11 is 0. The van der Waals surface area contributed by atoms with Crippen molar-refractivity contribution in [2.75, 3.05) is 19.4 Å². The number of carbonyl (C=O) groups excluding carboxylic acids is 1. The van der Waals surface area contributed by atoms with E-state index in [-0.39, 0.29) is 10.8 Å². The molecule has 0 unspecified atom stereocenters. The monoisotopic (exact) mass is 374 g/mol. The molecule has 0 spiro atoms. The Morgan fingerprint density at radius 2 is 1.69 bits per heavy atom. The van der Waals surface area contributed by atoms with Gasteiger partial charge in [0.2, 0.25) is 15.9 Å². The zero-order chi connectivity index (χ0) is 19.5. The average Bonchev–Trinajstić information content (AvgIpc) is 2.55. The molecule has 0 heterocycles. The second-order valence-electron chi connectivity index (χ2n) is 6.74. The van der Waals surface area contributed by atoms with Crippen LogP contribution in [0.15, 0.2) is 41.3 Å². The molecule has 0 saturated carbocycles. The van der Waals surface area contributed by atoms with Gasteiger partial charge in [-0.25, -0.2) is 12.7 Å². The summed E-state index contributed by atoms with van der Waals surface area (Å²) in [6, 6.07) is 11.0. The fourth-order valence-electron chi connectivity index (χ4n) is 2.69. The van der Waals surface area contributed by atoms with E-state index in [4.69, 9.17) is 0 Å². The highest BCUT2D eigenvalue weighted by Gasteiger charge is 2.18. The van der Waals surface area contributed by atoms with Crippen LogP contribution in [0, 0.1) is 20.8 Å². The molecule has 0 bridgehead atoms.